The number of carbonyl (C=O) groups is 2. The number of hydrogen-bond acceptors (Lipinski definition) is 6. The molecule has 0 aliphatic carbocycles. The first kappa shape index (κ1) is 20.0. The molecule has 3 aliphatic rings. The molecule has 0 spiro atoms. The van der Waals surface area contributed by atoms with Crippen molar-refractivity contribution in [3.63, 3.8) is 0 Å². The van der Waals surface area contributed by atoms with E-state index in [4.69, 9.17) is 4.74 Å². The normalized spacial score (nSPS) is 24.5. The molecule has 1 aromatic rings. The minimum atomic E-state index is -0.313. The molecule has 2 amide bonds. The van der Waals surface area contributed by atoms with E-state index in [-0.39, 0.29) is 29.0 Å². The number of H-pyrrole nitrogens is 1. The Bertz CT molecular complexity index is 763. The predicted octanol–water partition coefficient (Wildman–Crippen LogP) is -0.0547. The molecule has 0 saturated carbocycles. The van der Waals surface area contributed by atoms with Gasteiger partial charge in [0.05, 0.1) is 25.3 Å². The fourth-order valence-corrected chi connectivity index (χ4v) is 4.64. The number of aromatic amines is 1. The van der Waals surface area contributed by atoms with Gasteiger partial charge in [-0.25, -0.2) is 4.98 Å². The molecule has 9 nitrogen and oxygen atoms in total. The van der Waals surface area contributed by atoms with Gasteiger partial charge in [0.25, 0.3) is 11.5 Å². The van der Waals surface area contributed by atoms with Crippen LogP contribution in [-0.2, 0) is 9.53 Å². The number of rotatable bonds is 3. The van der Waals surface area contributed by atoms with Crippen molar-refractivity contribution in [3.8, 4) is 0 Å². The number of nitrogens with zero attached hydrogens (tertiary/aromatic N) is 4. The van der Waals surface area contributed by atoms with Crippen LogP contribution >= 0.6 is 0 Å². The highest BCUT2D eigenvalue weighted by Gasteiger charge is 2.34. The maximum Gasteiger partial charge on any atom is 0.273 e. The number of piperidine rings is 2. The second-order valence-electron chi connectivity index (χ2n) is 8.09. The van der Waals surface area contributed by atoms with Gasteiger partial charge in [0.15, 0.2) is 0 Å². The van der Waals surface area contributed by atoms with E-state index < -0.39 is 0 Å². The number of amides is 2. The van der Waals surface area contributed by atoms with Crippen molar-refractivity contribution in [2.75, 3.05) is 52.5 Å². The summed E-state index contributed by atoms with van der Waals surface area (Å²) in [6.45, 7) is 5.86. The van der Waals surface area contributed by atoms with Crippen molar-refractivity contribution in [2.45, 2.75) is 31.7 Å². The van der Waals surface area contributed by atoms with Gasteiger partial charge in [-0.2, -0.15) is 0 Å². The minimum absolute atomic E-state index is 0.0758. The Hall–Kier alpha value is -2.26. The van der Waals surface area contributed by atoms with Gasteiger partial charge in [-0.15, -0.1) is 0 Å². The van der Waals surface area contributed by atoms with Gasteiger partial charge in [-0.1, -0.05) is 0 Å². The standard InChI is InChI=1S/C20H29N5O4/c26-18-13-21-17(12-22-18)20(28)23-6-3-16(4-7-23)25-5-1-2-15(14-25)19(27)24-8-10-29-11-9-24/h12-13,15-16H,1-11,14H2,(H,22,26). The lowest BCUT2D eigenvalue weighted by Gasteiger charge is -2.43. The monoisotopic (exact) mass is 403 g/mol. The largest absolute Gasteiger partial charge is 0.378 e. The highest BCUT2D eigenvalue weighted by atomic mass is 16.5. The van der Waals surface area contributed by atoms with Crippen molar-refractivity contribution in [2.24, 2.45) is 5.92 Å². The Morgan fingerprint density at radius 1 is 1.03 bits per heavy atom. The number of likely N-dealkylation sites (tertiary alicyclic amines) is 2. The Labute approximate surface area is 170 Å². The fourth-order valence-electron chi connectivity index (χ4n) is 4.64. The third kappa shape index (κ3) is 4.67. The lowest BCUT2D eigenvalue weighted by molar-refractivity contribution is -0.141. The summed E-state index contributed by atoms with van der Waals surface area (Å²) in [6.07, 6.45) is 6.31. The Kier molecular flexibility index (Phi) is 6.25. The summed E-state index contributed by atoms with van der Waals surface area (Å²) >= 11 is 0. The summed E-state index contributed by atoms with van der Waals surface area (Å²) in [6, 6.07) is 0.405. The first-order chi connectivity index (χ1) is 14.1. The summed E-state index contributed by atoms with van der Waals surface area (Å²) in [7, 11) is 0. The highest BCUT2D eigenvalue weighted by molar-refractivity contribution is 5.92. The molecule has 4 heterocycles. The molecule has 3 fully saturated rings. The molecule has 0 radical (unpaired) electrons. The van der Waals surface area contributed by atoms with Crippen LogP contribution < -0.4 is 5.56 Å². The molecule has 3 aliphatic heterocycles. The molecule has 1 unspecified atom stereocenters. The molecular weight excluding hydrogens is 374 g/mol. The molecule has 9 heteroatoms. The average molecular weight is 403 g/mol. The van der Waals surface area contributed by atoms with Gasteiger partial charge < -0.3 is 19.5 Å². The van der Waals surface area contributed by atoms with Gasteiger partial charge in [-0.05, 0) is 32.2 Å². The zero-order valence-corrected chi connectivity index (χ0v) is 16.7. The van der Waals surface area contributed by atoms with Crippen LogP contribution in [0.1, 0.15) is 36.2 Å². The van der Waals surface area contributed by atoms with Gasteiger partial charge in [-0.3, -0.25) is 19.3 Å². The second kappa shape index (κ2) is 9.04. The van der Waals surface area contributed by atoms with E-state index in [0.717, 1.165) is 45.0 Å². The maximum absolute atomic E-state index is 12.9. The van der Waals surface area contributed by atoms with E-state index in [1.165, 1.54) is 6.20 Å². The van der Waals surface area contributed by atoms with E-state index in [9.17, 15) is 14.4 Å². The van der Waals surface area contributed by atoms with E-state index in [1.54, 1.807) is 4.90 Å². The molecular formula is C20H29N5O4. The van der Waals surface area contributed by atoms with Crippen molar-refractivity contribution in [1.29, 1.82) is 0 Å². The molecule has 1 N–H and O–H groups in total. The van der Waals surface area contributed by atoms with Gasteiger partial charge in [0.1, 0.15) is 5.69 Å². The molecule has 0 aromatic carbocycles. The van der Waals surface area contributed by atoms with Crippen LogP contribution in [0.3, 0.4) is 0 Å². The molecule has 29 heavy (non-hydrogen) atoms. The average Bonchev–Trinajstić information content (AvgIpc) is 2.79. The van der Waals surface area contributed by atoms with Crippen LogP contribution in [0.15, 0.2) is 17.2 Å². The van der Waals surface area contributed by atoms with Crippen LogP contribution in [0, 0.1) is 5.92 Å². The number of aromatic nitrogens is 2. The summed E-state index contributed by atoms with van der Waals surface area (Å²) in [4.78, 5) is 49.2. The summed E-state index contributed by atoms with van der Waals surface area (Å²) in [5.74, 6) is 0.209. The van der Waals surface area contributed by atoms with E-state index >= 15 is 0 Å². The summed E-state index contributed by atoms with van der Waals surface area (Å²) in [5.41, 5.74) is -0.0382. The zero-order valence-electron chi connectivity index (χ0n) is 16.7. The van der Waals surface area contributed by atoms with Crippen LogP contribution in [0.2, 0.25) is 0 Å². The van der Waals surface area contributed by atoms with Crippen molar-refractivity contribution in [3.05, 3.63) is 28.4 Å². The SMILES string of the molecule is O=C(c1c[nH]c(=O)cn1)N1CCC(N2CCCC(C(=O)N3CCOCC3)C2)CC1. The first-order valence-electron chi connectivity index (χ1n) is 10.6. The lowest BCUT2D eigenvalue weighted by Crippen LogP contribution is -2.53. The maximum atomic E-state index is 12.9. The molecule has 0 bridgehead atoms. The Balaban J connectivity index is 1.30. The second-order valence-corrected chi connectivity index (χ2v) is 8.09. The van der Waals surface area contributed by atoms with Crippen molar-refractivity contribution >= 4 is 11.8 Å². The number of morpholine rings is 1. The molecule has 158 valence electrons. The number of ether oxygens (including phenoxy) is 1. The van der Waals surface area contributed by atoms with Crippen LogP contribution in [0.4, 0.5) is 0 Å². The molecule has 1 aromatic heterocycles. The third-order valence-electron chi connectivity index (χ3n) is 6.28. The van der Waals surface area contributed by atoms with Gasteiger partial charge in [0.2, 0.25) is 5.91 Å². The van der Waals surface area contributed by atoms with Crippen LogP contribution in [0.5, 0.6) is 0 Å². The fraction of sp³-hybridized carbons (Fsp3) is 0.700. The summed E-state index contributed by atoms with van der Waals surface area (Å²) in [5, 5.41) is 0. The zero-order chi connectivity index (χ0) is 20.2. The quantitative estimate of drug-likeness (QED) is 0.760. The van der Waals surface area contributed by atoms with E-state index in [1.807, 2.05) is 4.90 Å². The van der Waals surface area contributed by atoms with Gasteiger partial charge >= 0.3 is 0 Å². The van der Waals surface area contributed by atoms with E-state index in [2.05, 4.69) is 14.9 Å². The number of carbonyl (C=O) groups excluding carboxylic acids is 2. The van der Waals surface area contributed by atoms with Gasteiger partial charge in [0, 0.05) is 45.0 Å². The molecule has 4 rings (SSSR count). The van der Waals surface area contributed by atoms with Crippen LogP contribution in [-0.4, -0.2) is 95.0 Å². The number of hydrogen-bond donors (Lipinski definition) is 1. The Morgan fingerprint density at radius 2 is 1.79 bits per heavy atom. The van der Waals surface area contributed by atoms with Crippen molar-refractivity contribution < 1.29 is 14.3 Å². The minimum Gasteiger partial charge on any atom is -0.378 e. The first-order valence-corrected chi connectivity index (χ1v) is 10.6. The van der Waals surface area contributed by atoms with Crippen molar-refractivity contribution in [1.82, 2.24) is 24.7 Å². The lowest BCUT2D eigenvalue weighted by atomic mass is 9.92. The molecule has 3 saturated heterocycles. The van der Waals surface area contributed by atoms with E-state index in [0.29, 0.717) is 45.4 Å². The topological polar surface area (TPSA) is 98.8 Å². The molecule has 1 atom stereocenters. The predicted molar refractivity (Wildman–Crippen MR) is 105 cm³/mol. The Morgan fingerprint density at radius 3 is 2.48 bits per heavy atom. The third-order valence-corrected chi connectivity index (χ3v) is 6.28. The van der Waals surface area contributed by atoms with Crippen LogP contribution in [0.25, 0.3) is 0 Å². The summed E-state index contributed by atoms with van der Waals surface area (Å²) < 4.78 is 5.36. The highest BCUT2D eigenvalue weighted by Crippen LogP contribution is 2.25. The smallest absolute Gasteiger partial charge is 0.273 e. The number of nitrogens with one attached hydrogen (secondary N) is 1.